The second-order valence-corrected chi connectivity index (χ2v) is 11.8. The second kappa shape index (κ2) is 9.78. The molecule has 0 aromatic heterocycles. The van der Waals surface area contributed by atoms with Crippen LogP contribution in [0, 0.1) is 5.41 Å². The van der Waals surface area contributed by atoms with Crippen LogP contribution >= 0.6 is 0 Å². The molecule has 0 aliphatic heterocycles. The van der Waals surface area contributed by atoms with Crippen molar-refractivity contribution < 1.29 is 23.1 Å². The number of anilines is 2. The second-order valence-electron chi connectivity index (χ2n) is 9.74. The molecule has 2 amide bonds. The number of hydrogen-bond donors (Lipinski definition) is 2. The van der Waals surface area contributed by atoms with Crippen molar-refractivity contribution >= 4 is 33.2 Å². The van der Waals surface area contributed by atoms with Crippen molar-refractivity contribution in [3.05, 3.63) is 54.1 Å². The number of carboxylic acid groups (broad SMARTS) is 1. The molecule has 0 radical (unpaired) electrons. The van der Waals surface area contributed by atoms with E-state index in [0.717, 1.165) is 31.9 Å². The average molecular weight is 485 g/mol. The molecule has 34 heavy (non-hydrogen) atoms. The van der Waals surface area contributed by atoms with E-state index in [1.165, 1.54) is 56.4 Å². The fourth-order valence-electron chi connectivity index (χ4n) is 5.52. The van der Waals surface area contributed by atoms with E-state index in [1.54, 1.807) is 29.2 Å². The first kappa shape index (κ1) is 24.3. The monoisotopic (exact) mass is 484 g/mol. The van der Waals surface area contributed by atoms with Crippen LogP contribution in [0.5, 0.6) is 0 Å². The normalized spacial score (nSPS) is 18.4. The van der Waals surface area contributed by atoms with Gasteiger partial charge < -0.3 is 10.4 Å². The summed E-state index contributed by atoms with van der Waals surface area (Å²) in [4.78, 5) is 26.7. The number of sulfone groups is 1. The summed E-state index contributed by atoms with van der Waals surface area (Å²) in [5.74, 6) is -1.02. The van der Waals surface area contributed by atoms with E-state index < -0.39 is 15.8 Å². The minimum Gasteiger partial charge on any atom is -0.478 e. The molecule has 2 N–H and O–H groups in total. The predicted molar refractivity (Wildman–Crippen MR) is 132 cm³/mol. The van der Waals surface area contributed by atoms with Crippen LogP contribution in [0.25, 0.3) is 0 Å². The summed E-state index contributed by atoms with van der Waals surface area (Å²) in [6.45, 7) is 0. The Kier molecular flexibility index (Phi) is 6.98. The van der Waals surface area contributed by atoms with Gasteiger partial charge in [0.25, 0.3) is 0 Å². The molecule has 182 valence electrons. The van der Waals surface area contributed by atoms with Gasteiger partial charge in [0, 0.05) is 23.7 Å². The van der Waals surface area contributed by atoms with Crippen LogP contribution in [-0.4, -0.2) is 37.8 Å². The minimum atomic E-state index is -3.40. The molecule has 2 aliphatic rings. The largest absolute Gasteiger partial charge is 0.478 e. The number of aromatic carboxylic acids is 1. The lowest BCUT2D eigenvalue weighted by Gasteiger charge is -2.45. The van der Waals surface area contributed by atoms with Gasteiger partial charge in [0.15, 0.2) is 9.84 Å². The predicted octanol–water partition coefficient (Wildman–Crippen LogP) is 5.72. The Bertz CT molecular complexity index is 1140. The highest BCUT2D eigenvalue weighted by Crippen LogP contribution is 2.48. The third-order valence-electron chi connectivity index (χ3n) is 7.42. The lowest BCUT2D eigenvalue weighted by atomic mass is 9.64. The highest BCUT2D eigenvalue weighted by Gasteiger charge is 2.39. The average Bonchev–Trinajstić information content (AvgIpc) is 2.81. The smallest absolute Gasteiger partial charge is 0.335 e. The van der Waals surface area contributed by atoms with Crippen molar-refractivity contribution in [1.82, 2.24) is 0 Å². The fourth-order valence-corrected chi connectivity index (χ4v) is 6.19. The van der Waals surface area contributed by atoms with Crippen molar-refractivity contribution in [2.45, 2.75) is 68.7 Å². The van der Waals surface area contributed by atoms with E-state index in [2.05, 4.69) is 5.32 Å². The Morgan fingerprint density at radius 3 is 2.21 bits per heavy atom. The van der Waals surface area contributed by atoms with Crippen LogP contribution in [0.3, 0.4) is 0 Å². The molecule has 0 bridgehead atoms. The number of hydrogen-bond acceptors (Lipinski definition) is 4. The van der Waals surface area contributed by atoms with Gasteiger partial charge in [0.1, 0.15) is 0 Å². The van der Waals surface area contributed by atoms with Gasteiger partial charge in [0.05, 0.1) is 10.5 Å². The van der Waals surface area contributed by atoms with Gasteiger partial charge >= 0.3 is 12.0 Å². The summed E-state index contributed by atoms with van der Waals surface area (Å²) < 4.78 is 23.9. The Morgan fingerprint density at radius 1 is 0.971 bits per heavy atom. The van der Waals surface area contributed by atoms with E-state index in [9.17, 15) is 23.1 Å². The molecule has 0 saturated heterocycles. The zero-order valence-electron chi connectivity index (χ0n) is 19.5. The van der Waals surface area contributed by atoms with Gasteiger partial charge in [-0.25, -0.2) is 18.0 Å². The molecule has 2 saturated carbocycles. The quantitative estimate of drug-likeness (QED) is 0.565. The lowest BCUT2D eigenvalue weighted by molar-refractivity contribution is 0.0697. The number of nitrogens with zero attached hydrogens (tertiary/aromatic N) is 1. The number of carbonyl (C=O) groups is 2. The van der Waals surface area contributed by atoms with E-state index in [0.29, 0.717) is 16.8 Å². The topological polar surface area (TPSA) is 104 Å². The van der Waals surface area contributed by atoms with Crippen molar-refractivity contribution in [3.8, 4) is 0 Å². The van der Waals surface area contributed by atoms with Crippen LogP contribution < -0.4 is 10.2 Å². The van der Waals surface area contributed by atoms with Gasteiger partial charge in [-0.3, -0.25) is 4.90 Å². The molecule has 0 atom stereocenters. The van der Waals surface area contributed by atoms with Gasteiger partial charge in [-0.05, 0) is 86.4 Å². The maximum absolute atomic E-state index is 13.5. The summed E-state index contributed by atoms with van der Waals surface area (Å²) in [6, 6.07) is 12.2. The molecule has 8 heteroatoms. The van der Waals surface area contributed by atoms with E-state index in [4.69, 9.17) is 0 Å². The molecule has 2 aromatic carbocycles. The van der Waals surface area contributed by atoms with Crippen LogP contribution in [0.4, 0.5) is 16.2 Å². The van der Waals surface area contributed by atoms with Crippen LogP contribution in [0.1, 0.15) is 68.1 Å². The molecule has 2 aliphatic carbocycles. The van der Waals surface area contributed by atoms with Gasteiger partial charge in [-0.15, -0.1) is 0 Å². The highest BCUT2D eigenvalue weighted by molar-refractivity contribution is 7.90. The fraction of sp³-hybridized carbons (Fsp3) is 0.462. The Labute approximate surface area is 201 Å². The number of nitrogens with one attached hydrogen (secondary N) is 1. The van der Waals surface area contributed by atoms with Gasteiger partial charge in [-0.2, -0.15) is 0 Å². The van der Waals surface area contributed by atoms with E-state index in [1.807, 2.05) is 0 Å². The molecule has 0 unspecified atom stereocenters. The molecule has 0 heterocycles. The molecule has 2 fully saturated rings. The zero-order chi connectivity index (χ0) is 24.3. The zero-order valence-corrected chi connectivity index (χ0v) is 20.3. The Balaban J connectivity index is 1.59. The number of urea groups is 1. The molecular formula is C26H32N2O5S. The Hall–Kier alpha value is -2.87. The standard InChI is InChI=1S/C26H32N2O5S/c1-34(32,33)23-7-5-6-20(18-23)27-25(31)28(21-10-8-19(9-11-21)24(29)30)22-12-16-26(17-13-22)14-3-2-4-15-26/h5-11,18,22H,2-4,12-17H2,1H3,(H,27,31)(H,29,30). The number of rotatable bonds is 5. The highest BCUT2D eigenvalue weighted by atomic mass is 32.2. The molecule has 1 spiro atoms. The minimum absolute atomic E-state index is 0.0127. The third-order valence-corrected chi connectivity index (χ3v) is 8.53. The van der Waals surface area contributed by atoms with Crippen LogP contribution in [-0.2, 0) is 9.84 Å². The summed E-state index contributed by atoms with van der Waals surface area (Å²) in [6.07, 6.45) is 11.5. The first-order chi connectivity index (χ1) is 16.2. The lowest BCUT2D eigenvalue weighted by Crippen LogP contribution is -2.46. The summed E-state index contributed by atoms with van der Waals surface area (Å²) in [5.41, 5.74) is 1.59. The van der Waals surface area contributed by atoms with Crippen molar-refractivity contribution in [1.29, 1.82) is 0 Å². The van der Waals surface area contributed by atoms with E-state index >= 15 is 0 Å². The molecule has 2 aromatic rings. The third kappa shape index (κ3) is 5.43. The molecule has 4 rings (SSSR count). The van der Waals surface area contributed by atoms with Gasteiger partial charge in [0.2, 0.25) is 0 Å². The number of carboxylic acids is 1. The van der Waals surface area contributed by atoms with Crippen LogP contribution in [0.15, 0.2) is 53.4 Å². The van der Waals surface area contributed by atoms with Crippen molar-refractivity contribution in [3.63, 3.8) is 0 Å². The molecular weight excluding hydrogens is 452 g/mol. The van der Waals surface area contributed by atoms with Gasteiger partial charge in [-0.1, -0.05) is 25.3 Å². The summed E-state index contributed by atoms with van der Waals surface area (Å²) in [7, 11) is -3.40. The SMILES string of the molecule is CS(=O)(=O)c1cccc(NC(=O)N(c2ccc(C(=O)O)cc2)C2CCC3(CCCCC3)CC2)c1. The van der Waals surface area contributed by atoms with Crippen molar-refractivity contribution in [2.24, 2.45) is 5.41 Å². The summed E-state index contributed by atoms with van der Waals surface area (Å²) >= 11 is 0. The van der Waals surface area contributed by atoms with E-state index in [-0.39, 0.29) is 22.5 Å². The maximum atomic E-state index is 13.5. The Morgan fingerprint density at radius 2 is 1.62 bits per heavy atom. The molecule has 7 nitrogen and oxygen atoms in total. The first-order valence-electron chi connectivity index (χ1n) is 11.9. The number of amides is 2. The van der Waals surface area contributed by atoms with Crippen molar-refractivity contribution in [2.75, 3.05) is 16.5 Å². The number of benzene rings is 2. The first-order valence-corrected chi connectivity index (χ1v) is 13.8. The number of carbonyl (C=O) groups excluding carboxylic acids is 1. The maximum Gasteiger partial charge on any atom is 0.335 e. The van der Waals surface area contributed by atoms with Crippen LogP contribution in [0.2, 0.25) is 0 Å². The summed E-state index contributed by atoms with van der Waals surface area (Å²) in [5, 5.41) is 12.1.